The van der Waals surface area contributed by atoms with Crippen LogP contribution in [0, 0.1) is 12.8 Å². The number of benzene rings is 1. The SMILES string of the molecule is Cc1nnc(CC2CC(N)C2)n1Cc1ccccc1. The van der Waals surface area contributed by atoms with Gasteiger partial charge in [0.1, 0.15) is 11.6 Å². The van der Waals surface area contributed by atoms with E-state index in [0.29, 0.717) is 12.0 Å². The van der Waals surface area contributed by atoms with Crippen LogP contribution in [0.3, 0.4) is 0 Å². The molecule has 100 valence electrons. The molecule has 2 N–H and O–H groups in total. The lowest BCUT2D eigenvalue weighted by atomic mass is 9.78. The van der Waals surface area contributed by atoms with E-state index in [2.05, 4.69) is 39.0 Å². The summed E-state index contributed by atoms with van der Waals surface area (Å²) in [5.41, 5.74) is 7.14. The van der Waals surface area contributed by atoms with Gasteiger partial charge >= 0.3 is 0 Å². The van der Waals surface area contributed by atoms with Gasteiger partial charge in [-0.2, -0.15) is 0 Å². The van der Waals surface area contributed by atoms with Gasteiger partial charge in [-0.25, -0.2) is 0 Å². The number of nitrogens with zero attached hydrogens (tertiary/aromatic N) is 3. The lowest BCUT2D eigenvalue weighted by Crippen LogP contribution is -2.37. The summed E-state index contributed by atoms with van der Waals surface area (Å²) in [6, 6.07) is 10.9. The molecule has 1 fully saturated rings. The Bertz CT molecular complexity index is 541. The van der Waals surface area contributed by atoms with Crippen molar-refractivity contribution in [2.24, 2.45) is 11.7 Å². The lowest BCUT2D eigenvalue weighted by molar-refractivity contribution is 0.258. The maximum Gasteiger partial charge on any atom is 0.133 e. The van der Waals surface area contributed by atoms with Crippen molar-refractivity contribution in [2.45, 2.75) is 38.8 Å². The Hall–Kier alpha value is -1.68. The minimum atomic E-state index is 0.400. The van der Waals surface area contributed by atoms with Gasteiger partial charge in [0.2, 0.25) is 0 Å². The molecule has 0 aliphatic heterocycles. The Morgan fingerprint density at radius 2 is 1.95 bits per heavy atom. The third-order valence-corrected chi connectivity index (χ3v) is 3.94. The van der Waals surface area contributed by atoms with Gasteiger partial charge in [0.15, 0.2) is 0 Å². The standard InChI is InChI=1S/C15H20N4/c1-11-17-18-15(9-13-7-14(16)8-13)19(11)10-12-5-3-2-4-6-12/h2-6,13-14H,7-10,16H2,1H3. The average Bonchev–Trinajstić information content (AvgIpc) is 2.71. The van der Waals surface area contributed by atoms with Crippen LogP contribution in [0.2, 0.25) is 0 Å². The highest BCUT2D eigenvalue weighted by molar-refractivity contribution is 5.16. The lowest BCUT2D eigenvalue weighted by Gasteiger charge is -2.32. The molecule has 4 heteroatoms. The molecule has 3 rings (SSSR count). The molecule has 2 aromatic rings. The van der Waals surface area contributed by atoms with Crippen LogP contribution in [-0.2, 0) is 13.0 Å². The van der Waals surface area contributed by atoms with E-state index in [1.165, 1.54) is 5.56 Å². The summed E-state index contributed by atoms with van der Waals surface area (Å²) in [4.78, 5) is 0. The van der Waals surface area contributed by atoms with Crippen LogP contribution in [-0.4, -0.2) is 20.8 Å². The summed E-state index contributed by atoms with van der Waals surface area (Å²) in [6.07, 6.45) is 3.25. The topological polar surface area (TPSA) is 56.7 Å². The molecule has 4 nitrogen and oxygen atoms in total. The molecule has 0 atom stereocenters. The maximum absolute atomic E-state index is 5.85. The van der Waals surface area contributed by atoms with E-state index in [1.807, 2.05) is 13.0 Å². The summed E-state index contributed by atoms with van der Waals surface area (Å²) in [6.45, 7) is 2.87. The largest absolute Gasteiger partial charge is 0.328 e. The number of rotatable bonds is 4. The van der Waals surface area contributed by atoms with E-state index in [4.69, 9.17) is 5.73 Å². The fourth-order valence-electron chi connectivity index (χ4n) is 2.76. The zero-order chi connectivity index (χ0) is 13.2. The molecule has 0 bridgehead atoms. The van der Waals surface area contributed by atoms with Crippen molar-refractivity contribution < 1.29 is 0 Å². The van der Waals surface area contributed by atoms with E-state index < -0.39 is 0 Å². The molecule has 1 aliphatic rings. The zero-order valence-corrected chi connectivity index (χ0v) is 11.3. The average molecular weight is 256 g/mol. The number of aryl methyl sites for hydroxylation is 1. The summed E-state index contributed by atoms with van der Waals surface area (Å²) in [5, 5.41) is 8.56. The van der Waals surface area contributed by atoms with Crippen molar-refractivity contribution in [3.63, 3.8) is 0 Å². The van der Waals surface area contributed by atoms with Crippen LogP contribution in [0.5, 0.6) is 0 Å². The molecule has 0 amide bonds. The summed E-state index contributed by atoms with van der Waals surface area (Å²) < 4.78 is 2.22. The van der Waals surface area contributed by atoms with Crippen molar-refractivity contribution in [3.8, 4) is 0 Å². The number of hydrogen-bond donors (Lipinski definition) is 1. The van der Waals surface area contributed by atoms with E-state index in [0.717, 1.165) is 37.5 Å². The van der Waals surface area contributed by atoms with Gasteiger partial charge in [-0.3, -0.25) is 0 Å². The van der Waals surface area contributed by atoms with Gasteiger partial charge in [-0.15, -0.1) is 10.2 Å². The predicted molar refractivity (Wildman–Crippen MR) is 74.7 cm³/mol. The van der Waals surface area contributed by atoms with Crippen LogP contribution < -0.4 is 5.73 Å². The van der Waals surface area contributed by atoms with Crippen LogP contribution in [0.25, 0.3) is 0 Å². The molecule has 1 aliphatic carbocycles. The minimum Gasteiger partial charge on any atom is -0.328 e. The van der Waals surface area contributed by atoms with E-state index in [-0.39, 0.29) is 0 Å². The van der Waals surface area contributed by atoms with E-state index >= 15 is 0 Å². The fourth-order valence-corrected chi connectivity index (χ4v) is 2.76. The Morgan fingerprint density at radius 3 is 2.63 bits per heavy atom. The van der Waals surface area contributed by atoms with Gasteiger partial charge in [0, 0.05) is 12.5 Å². The second kappa shape index (κ2) is 5.13. The Labute approximate surface area is 113 Å². The van der Waals surface area contributed by atoms with Gasteiger partial charge in [0.25, 0.3) is 0 Å². The van der Waals surface area contributed by atoms with Gasteiger partial charge in [-0.05, 0) is 31.2 Å². The van der Waals surface area contributed by atoms with Gasteiger partial charge in [-0.1, -0.05) is 30.3 Å². The van der Waals surface area contributed by atoms with Crippen LogP contribution >= 0.6 is 0 Å². The predicted octanol–water partition coefficient (Wildman–Crippen LogP) is 1.91. The molecule has 1 heterocycles. The summed E-state index contributed by atoms with van der Waals surface area (Å²) in [7, 11) is 0. The molecule has 1 aromatic heterocycles. The first-order valence-corrected chi connectivity index (χ1v) is 6.90. The monoisotopic (exact) mass is 256 g/mol. The third kappa shape index (κ3) is 2.68. The second-order valence-electron chi connectivity index (χ2n) is 5.54. The highest BCUT2D eigenvalue weighted by Gasteiger charge is 2.27. The first-order valence-electron chi connectivity index (χ1n) is 6.90. The highest BCUT2D eigenvalue weighted by Crippen LogP contribution is 2.28. The van der Waals surface area contributed by atoms with Crippen LogP contribution in [0.4, 0.5) is 0 Å². The Kier molecular flexibility index (Phi) is 3.34. The van der Waals surface area contributed by atoms with E-state index in [1.54, 1.807) is 0 Å². The van der Waals surface area contributed by atoms with Gasteiger partial charge < -0.3 is 10.3 Å². The summed E-state index contributed by atoms with van der Waals surface area (Å²) >= 11 is 0. The highest BCUT2D eigenvalue weighted by atomic mass is 15.3. The number of aromatic nitrogens is 3. The van der Waals surface area contributed by atoms with Crippen molar-refractivity contribution in [1.29, 1.82) is 0 Å². The molecule has 0 radical (unpaired) electrons. The first-order chi connectivity index (χ1) is 9.22. The fraction of sp³-hybridized carbons (Fsp3) is 0.467. The normalized spacial score (nSPS) is 22.2. The quantitative estimate of drug-likeness (QED) is 0.909. The number of hydrogen-bond acceptors (Lipinski definition) is 3. The molecule has 19 heavy (non-hydrogen) atoms. The van der Waals surface area contributed by atoms with Crippen molar-refractivity contribution >= 4 is 0 Å². The number of nitrogens with two attached hydrogens (primary N) is 1. The summed E-state index contributed by atoms with van der Waals surface area (Å²) in [5.74, 6) is 2.77. The molecule has 0 unspecified atom stereocenters. The van der Waals surface area contributed by atoms with Crippen molar-refractivity contribution in [1.82, 2.24) is 14.8 Å². The molecule has 1 aromatic carbocycles. The molecule has 0 saturated heterocycles. The maximum atomic E-state index is 5.85. The molecular weight excluding hydrogens is 236 g/mol. The third-order valence-electron chi connectivity index (χ3n) is 3.94. The van der Waals surface area contributed by atoms with Crippen LogP contribution in [0.1, 0.15) is 30.1 Å². The van der Waals surface area contributed by atoms with Crippen molar-refractivity contribution in [3.05, 3.63) is 47.5 Å². The molecular formula is C15H20N4. The van der Waals surface area contributed by atoms with Crippen molar-refractivity contribution in [2.75, 3.05) is 0 Å². The van der Waals surface area contributed by atoms with Gasteiger partial charge in [0.05, 0.1) is 6.54 Å². The smallest absolute Gasteiger partial charge is 0.133 e. The first kappa shape index (κ1) is 12.4. The van der Waals surface area contributed by atoms with Crippen LogP contribution in [0.15, 0.2) is 30.3 Å². The van der Waals surface area contributed by atoms with E-state index in [9.17, 15) is 0 Å². The molecule has 1 saturated carbocycles. The Morgan fingerprint density at radius 1 is 1.21 bits per heavy atom. The molecule has 0 spiro atoms. The Balaban J connectivity index is 1.75. The minimum absolute atomic E-state index is 0.400. The second-order valence-corrected chi connectivity index (χ2v) is 5.54. The zero-order valence-electron chi connectivity index (χ0n) is 11.3.